The summed E-state index contributed by atoms with van der Waals surface area (Å²) in [4.78, 5) is 13.7. The standard InChI is InChI=1S/C18H31N5O2/c1-18(2,3)15-11-20-16(25-15)12-21-17(19-4)23-6-5-14(13-23)22-7-9-24-10-8-22/h11,14H,5-10,12-13H2,1-4H3,(H,19,21). The normalized spacial score (nSPS) is 23.3. The van der Waals surface area contributed by atoms with Crippen molar-refractivity contribution in [3.8, 4) is 0 Å². The van der Waals surface area contributed by atoms with Crippen LogP contribution in [0.2, 0.25) is 0 Å². The van der Waals surface area contributed by atoms with Crippen LogP contribution in [-0.2, 0) is 16.7 Å². The molecule has 0 bridgehead atoms. The van der Waals surface area contributed by atoms with E-state index in [-0.39, 0.29) is 5.41 Å². The van der Waals surface area contributed by atoms with Crippen molar-refractivity contribution in [2.75, 3.05) is 46.4 Å². The third-order valence-corrected chi connectivity index (χ3v) is 4.93. The second-order valence-corrected chi connectivity index (χ2v) is 7.81. The van der Waals surface area contributed by atoms with Gasteiger partial charge in [0.05, 0.1) is 26.0 Å². The van der Waals surface area contributed by atoms with Crippen LogP contribution in [0, 0.1) is 0 Å². The van der Waals surface area contributed by atoms with Crippen molar-refractivity contribution in [3.63, 3.8) is 0 Å². The van der Waals surface area contributed by atoms with Crippen molar-refractivity contribution in [2.45, 2.75) is 45.2 Å². The van der Waals surface area contributed by atoms with Gasteiger partial charge in [-0.25, -0.2) is 4.98 Å². The van der Waals surface area contributed by atoms with Crippen molar-refractivity contribution in [1.82, 2.24) is 20.1 Å². The lowest BCUT2D eigenvalue weighted by molar-refractivity contribution is 0.0195. The summed E-state index contributed by atoms with van der Waals surface area (Å²) in [7, 11) is 1.83. The molecule has 3 rings (SSSR count). The molecule has 2 saturated heterocycles. The molecule has 7 nitrogen and oxygen atoms in total. The molecule has 0 aromatic carbocycles. The first-order valence-electron chi connectivity index (χ1n) is 9.20. The van der Waals surface area contributed by atoms with E-state index in [1.165, 1.54) is 6.42 Å². The molecule has 2 fully saturated rings. The molecule has 1 atom stereocenters. The minimum Gasteiger partial charge on any atom is -0.443 e. The molecule has 3 heterocycles. The topological polar surface area (TPSA) is 66.1 Å². The SMILES string of the molecule is CN=C(NCc1ncc(C(C)(C)C)o1)N1CCC(N2CCOCC2)C1. The summed E-state index contributed by atoms with van der Waals surface area (Å²) in [5.41, 5.74) is -0.0206. The van der Waals surface area contributed by atoms with Gasteiger partial charge in [-0.15, -0.1) is 0 Å². The minimum absolute atomic E-state index is 0.0206. The van der Waals surface area contributed by atoms with Gasteiger partial charge in [0.2, 0.25) is 5.89 Å². The second kappa shape index (κ2) is 7.74. The van der Waals surface area contributed by atoms with E-state index in [0.717, 1.165) is 51.1 Å². The number of hydrogen-bond donors (Lipinski definition) is 1. The molecule has 0 saturated carbocycles. The number of nitrogens with zero attached hydrogens (tertiary/aromatic N) is 4. The van der Waals surface area contributed by atoms with E-state index in [2.05, 4.69) is 45.9 Å². The maximum Gasteiger partial charge on any atom is 0.213 e. The van der Waals surface area contributed by atoms with E-state index >= 15 is 0 Å². The maximum atomic E-state index is 5.85. The lowest BCUT2D eigenvalue weighted by Gasteiger charge is -2.32. The summed E-state index contributed by atoms with van der Waals surface area (Å²) < 4.78 is 11.3. The minimum atomic E-state index is -0.0206. The van der Waals surface area contributed by atoms with Gasteiger partial charge in [0, 0.05) is 44.7 Å². The molecule has 25 heavy (non-hydrogen) atoms. The Kier molecular flexibility index (Phi) is 5.64. The monoisotopic (exact) mass is 349 g/mol. The van der Waals surface area contributed by atoms with Gasteiger partial charge in [-0.2, -0.15) is 0 Å². The van der Waals surface area contributed by atoms with Crippen molar-refractivity contribution in [3.05, 3.63) is 17.8 Å². The van der Waals surface area contributed by atoms with Crippen LogP contribution in [0.1, 0.15) is 38.8 Å². The highest BCUT2D eigenvalue weighted by atomic mass is 16.5. The van der Waals surface area contributed by atoms with Gasteiger partial charge in [0.25, 0.3) is 0 Å². The first-order valence-corrected chi connectivity index (χ1v) is 9.20. The smallest absolute Gasteiger partial charge is 0.213 e. The molecule has 7 heteroatoms. The van der Waals surface area contributed by atoms with Gasteiger partial charge in [-0.1, -0.05) is 20.8 Å². The van der Waals surface area contributed by atoms with E-state index < -0.39 is 0 Å². The Labute approximate surface area is 150 Å². The number of likely N-dealkylation sites (tertiary alicyclic amines) is 1. The van der Waals surface area contributed by atoms with E-state index in [1.807, 2.05) is 13.2 Å². The Morgan fingerprint density at radius 2 is 2.08 bits per heavy atom. The van der Waals surface area contributed by atoms with E-state index in [9.17, 15) is 0 Å². The first-order chi connectivity index (χ1) is 12.0. The molecular weight excluding hydrogens is 318 g/mol. The summed E-state index contributed by atoms with van der Waals surface area (Å²) in [6.07, 6.45) is 3.00. The predicted octanol–water partition coefficient (Wildman–Crippen LogP) is 1.45. The van der Waals surface area contributed by atoms with Crippen molar-refractivity contribution < 1.29 is 9.15 Å². The fraction of sp³-hybridized carbons (Fsp3) is 0.778. The molecule has 1 N–H and O–H groups in total. The zero-order valence-corrected chi connectivity index (χ0v) is 15.9. The van der Waals surface area contributed by atoms with Crippen LogP contribution in [0.5, 0.6) is 0 Å². The molecule has 0 radical (unpaired) electrons. The molecule has 1 aromatic heterocycles. The van der Waals surface area contributed by atoms with Gasteiger partial charge in [0.1, 0.15) is 5.76 Å². The van der Waals surface area contributed by atoms with Crippen LogP contribution in [0.15, 0.2) is 15.6 Å². The highest BCUT2D eigenvalue weighted by molar-refractivity contribution is 5.80. The number of oxazole rings is 1. The fourth-order valence-electron chi connectivity index (χ4n) is 3.40. The van der Waals surface area contributed by atoms with Crippen LogP contribution in [0.4, 0.5) is 0 Å². The van der Waals surface area contributed by atoms with Crippen molar-refractivity contribution in [1.29, 1.82) is 0 Å². The van der Waals surface area contributed by atoms with E-state index in [0.29, 0.717) is 18.5 Å². The van der Waals surface area contributed by atoms with Crippen LogP contribution in [-0.4, -0.2) is 73.2 Å². The third kappa shape index (κ3) is 4.52. The van der Waals surface area contributed by atoms with Gasteiger partial charge in [0.15, 0.2) is 5.96 Å². The molecule has 140 valence electrons. The number of guanidine groups is 1. The highest BCUT2D eigenvalue weighted by Gasteiger charge is 2.30. The van der Waals surface area contributed by atoms with E-state index in [1.54, 1.807) is 0 Å². The zero-order valence-electron chi connectivity index (χ0n) is 15.9. The number of ether oxygens (including phenoxy) is 1. The van der Waals surface area contributed by atoms with Crippen LogP contribution in [0.3, 0.4) is 0 Å². The van der Waals surface area contributed by atoms with Crippen LogP contribution < -0.4 is 5.32 Å². The molecule has 1 aromatic rings. The van der Waals surface area contributed by atoms with Crippen LogP contribution in [0.25, 0.3) is 0 Å². The summed E-state index contributed by atoms with van der Waals surface area (Å²) in [6, 6.07) is 0.594. The Bertz CT molecular complexity index is 587. The Morgan fingerprint density at radius 1 is 1.32 bits per heavy atom. The number of aromatic nitrogens is 1. The third-order valence-electron chi connectivity index (χ3n) is 4.93. The van der Waals surface area contributed by atoms with Gasteiger partial charge < -0.3 is 19.4 Å². The Morgan fingerprint density at radius 3 is 2.72 bits per heavy atom. The Balaban J connectivity index is 1.52. The molecule has 0 aliphatic carbocycles. The number of rotatable bonds is 3. The number of nitrogens with one attached hydrogen (secondary N) is 1. The molecule has 1 unspecified atom stereocenters. The van der Waals surface area contributed by atoms with Gasteiger partial charge in [-0.3, -0.25) is 9.89 Å². The summed E-state index contributed by atoms with van der Waals surface area (Å²) in [6.45, 7) is 12.7. The predicted molar refractivity (Wildman–Crippen MR) is 97.8 cm³/mol. The fourth-order valence-corrected chi connectivity index (χ4v) is 3.40. The van der Waals surface area contributed by atoms with Gasteiger partial charge in [-0.05, 0) is 6.42 Å². The number of hydrogen-bond acceptors (Lipinski definition) is 5. The molecular formula is C18H31N5O2. The molecule has 0 amide bonds. The average Bonchev–Trinajstić information content (AvgIpc) is 3.25. The van der Waals surface area contributed by atoms with Crippen molar-refractivity contribution >= 4 is 5.96 Å². The Hall–Kier alpha value is -1.60. The molecule has 2 aliphatic heterocycles. The average molecular weight is 349 g/mol. The summed E-state index contributed by atoms with van der Waals surface area (Å²) in [5.74, 6) is 2.54. The highest BCUT2D eigenvalue weighted by Crippen LogP contribution is 2.22. The molecule has 0 spiro atoms. The summed E-state index contributed by atoms with van der Waals surface area (Å²) in [5, 5.41) is 3.39. The second-order valence-electron chi connectivity index (χ2n) is 7.81. The van der Waals surface area contributed by atoms with Gasteiger partial charge >= 0.3 is 0 Å². The largest absolute Gasteiger partial charge is 0.443 e. The number of aliphatic imine (C=N–C) groups is 1. The molecule has 2 aliphatic rings. The van der Waals surface area contributed by atoms with Crippen molar-refractivity contribution in [2.24, 2.45) is 4.99 Å². The quantitative estimate of drug-likeness (QED) is 0.658. The first kappa shape index (κ1) is 18.2. The maximum absolute atomic E-state index is 5.85. The van der Waals surface area contributed by atoms with Crippen LogP contribution >= 0.6 is 0 Å². The van der Waals surface area contributed by atoms with E-state index in [4.69, 9.17) is 9.15 Å². The zero-order chi connectivity index (χ0) is 17.9. The lowest BCUT2D eigenvalue weighted by Crippen LogP contribution is -2.46. The number of morpholine rings is 1. The summed E-state index contributed by atoms with van der Waals surface area (Å²) >= 11 is 0. The lowest BCUT2D eigenvalue weighted by atomic mass is 9.94.